The summed E-state index contributed by atoms with van der Waals surface area (Å²) >= 11 is 0. The quantitative estimate of drug-likeness (QED) is 0.836. The Morgan fingerprint density at radius 2 is 2.04 bits per heavy atom. The number of piperidine rings is 1. The van der Waals surface area contributed by atoms with Crippen LogP contribution in [0.5, 0.6) is 0 Å². The minimum atomic E-state index is -0.558. The molecule has 8 heteroatoms. The van der Waals surface area contributed by atoms with E-state index in [4.69, 9.17) is 5.26 Å². The normalized spacial score (nSPS) is 15.4. The van der Waals surface area contributed by atoms with E-state index in [0.29, 0.717) is 5.69 Å². The van der Waals surface area contributed by atoms with Crippen LogP contribution in [-0.2, 0) is 0 Å². The average Bonchev–Trinajstić information content (AvgIpc) is 2.56. The zero-order valence-corrected chi connectivity index (χ0v) is 12.7. The summed E-state index contributed by atoms with van der Waals surface area (Å²) in [6.07, 6.45) is 2.96. The lowest BCUT2D eigenvalue weighted by Crippen LogP contribution is -2.34. The first-order valence-corrected chi connectivity index (χ1v) is 7.40. The number of aromatic amines is 2. The van der Waals surface area contributed by atoms with E-state index in [1.54, 1.807) is 6.07 Å². The van der Waals surface area contributed by atoms with Gasteiger partial charge < -0.3 is 9.88 Å². The topological polar surface area (TPSA) is 119 Å². The van der Waals surface area contributed by atoms with Crippen molar-refractivity contribution in [1.29, 1.82) is 5.26 Å². The van der Waals surface area contributed by atoms with Crippen LogP contribution in [0.4, 0.5) is 5.69 Å². The average molecular weight is 312 g/mol. The highest BCUT2D eigenvalue weighted by Gasteiger charge is 2.21. The smallest absolute Gasteiger partial charge is 0.325 e. The third-order valence-electron chi connectivity index (χ3n) is 4.07. The molecule has 0 unspecified atom stereocenters. The van der Waals surface area contributed by atoms with Crippen molar-refractivity contribution in [3.63, 3.8) is 0 Å². The monoisotopic (exact) mass is 312 g/mol. The minimum absolute atomic E-state index is 0.0999. The van der Waals surface area contributed by atoms with Crippen molar-refractivity contribution in [2.24, 2.45) is 5.92 Å². The van der Waals surface area contributed by atoms with Crippen LogP contribution < -0.4 is 16.1 Å². The molecule has 0 bridgehead atoms. The highest BCUT2D eigenvalue weighted by molar-refractivity contribution is 5.64. The second-order valence-electron chi connectivity index (χ2n) is 5.58. The number of nitrogens with one attached hydrogen (secondary N) is 2. The van der Waals surface area contributed by atoms with Gasteiger partial charge in [-0.2, -0.15) is 10.4 Å². The van der Waals surface area contributed by atoms with Gasteiger partial charge in [-0.25, -0.2) is 4.79 Å². The summed E-state index contributed by atoms with van der Waals surface area (Å²) in [5.74, 6) is 0.0999. The molecule has 0 radical (unpaired) electrons. The Balaban J connectivity index is 1.95. The summed E-state index contributed by atoms with van der Waals surface area (Å²) < 4.78 is 0. The molecule has 2 aromatic rings. The van der Waals surface area contributed by atoms with E-state index < -0.39 is 11.2 Å². The lowest BCUT2D eigenvalue weighted by atomic mass is 9.98. The first kappa shape index (κ1) is 15.0. The molecule has 1 saturated heterocycles. The molecular weight excluding hydrogens is 296 g/mol. The predicted molar refractivity (Wildman–Crippen MR) is 84.0 cm³/mol. The van der Waals surface area contributed by atoms with Crippen LogP contribution in [0.1, 0.15) is 18.5 Å². The Labute approximate surface area is 131 Å². The van der Waals surface area contributed by atoms with Crippen molar-refractivity contribution < 1.29 is 0 Å². The van der Waals surface area contributed by atoms with Crippen molar-refractivity contribution in [3.05, 3.63) is 38.8 Å². The van der Waals surface area contributed by atoms with E-state index in [1.807, 2.05) is 6.92 Å². The maximum absolute atomic E-state index is 11.9. The van der Waals surface area contributed by atoms with Crippen LogP contribution in [0.3, 0.4) is 0 Å². The van der Waals surface area contributed by atoms with E-state index >= 15 is 0 Å². The molecule has 0 amide bonds. The van der Waals surface area contributed by atoms with Gasteiger partial charge in [0.15, 0.2) is 0 Å². The van der Waals surface area contributed by atoms with Gasteiger partial charge in [0.2, 0.25) is 0 Å². The van der Waals surface area contributed by atoms with Gasteiger partial charge in [-0.1, -0.05) is 0 Å². The highest BCUT2D eigenvalue weighted by atomic mass is 16.2. The van der Waals surface area contributed by atoms with Crippen molar-refractivity contribution in [1.82, 2.24) is 20.2 Å². The van der Waals surface area contributed by atoms with Gasteiger partial charge >= 0.3 is 5.69 Å². The van der Waals surface area contributed by atoms with Gasteiger partial charge in [0.25, 0.3) is 5.56 Å². The third kappa shape index (κ3) is 2.99. The van der Waals surface area contributed by atoms with Gasteiger partial charge in [0.05, 0.1) is 23.0 Å². The fourth-order valence-corrected chi connectivity index (χ4v) is 2.74. The molecule has 8 nitrogen and oxygen atoms in total. The number of H-pyrrole nitrogens is 2. The molecule has 0 atom stereocenters. The molecule has 118 valence electrons. The standard InChI is InChI=1S/C15H16N6O2/c1-9-13(21-4-2-10(7-16)3-5-21)6-12(20-19-9)11-8-17-15(23)18-14(11)22/h6,8,10H,2-5H2,1H3,(H2,17,18,22,23). The second-order valence-corrected chi connectivity index (χ2v) is 5.58. The predicted octanol–water partition coefficient (Wildman–Crippen LogP) is 0.569. The number of nitrogens with zero attached hydrogens (tertiary/aromatic N) is 4. The van der Waals surface area contributed by atoms with E-state index in [1.165, 1.54) is 6.20 Å². The summed E-state index contributed by atoms with van der Waals surface area (Å²) in [5, 5.41) is 17.2. The third-order valence-corrected chi connectivity index (χ3v) is 4.07. The lowest BCUT2D eigenvalue weighted by molar-refractivity contribution is 0.486. The Kier molecular flexibility index (Phi) is 3.93. The molecule has 1 aliphatic heterocycles. The molecule has 1 aliphatic rings. The number of rotatable bonds is 2. The fraction of sp³-hybridized carbons (Fsp3) is 0.400. The minimum Gasteiger partial charge on any atom is -0.370 e. The maximum Gasteiger partial charge on any atom is 0.325 e. The SMILES string of the molecule is Cc1nnc(-c2c[nH]c(=O)[nH]c2=O)cc1N1CCC(C#N)CC1. The maximum atomic E-state index is 11.9. The van der Waals surface area contributed by atoms with Crippen LogP contribution in [0.2, 0.25) is 0 Å². The fourth-order valence-electron chi connectivity index (χ4n) is 2.74. The first-order valence-electron chi connectivity index (χ1n) is 7.40. The molecular formula is C15H16N6O2. The lowest BCUT2D eigenvalue weighted by Gasteiger charge is -2.31. The van der Waals surface area contributed by atoms with Crippen LogP contribution in [0.25, 0.3) is 11.3 Å². The van der Waals surface area contributed by atoms with E-state index in [9.17, 15) is 9.59 Å². The molecule has 0 aromatic carbocycles. The summed E-state index contributed by atoms with van der Waals surface area (Å²) in [6.45, 7) is 3.40. The number of hydrogen-bond donors (Lipinski definition) is 2. The van der Waals surface area contributed by atoms with Gasteiger partial charge in [0.1, 0.15) is 5.69 Å². The Bertz CT molecular complexity index is 871. The molecule has 0 aliphatic carbocycles. The molecule has 0 saturated carbocycles. The van der Waals surface area contributed by atoms with Crippen LogP contribution in [0.15, 0.2) is 21.9 Å². The molecule has 23 heavy (non-hydrogen) atoms. The number of anilines is 1. The Hall–Kier alpha value is -2.95. The van der Waals surface area contributed by atoms with E-state index in [-0.39, 0.29) is 11.5 Å². The largest absolute Gasteiger partial charge is 0.370 e. The summed E-state index contributed by atoms with van der Waals surface area (Å²) in [4.78, 5) is 29.8. The van der Waals surface area contributed by atoms with Crippen molar-refractivity contribution in [2.45, 2.75) is 19.8 Å². The number of aromatic nitrogens is 4. The van der Waals surface area contributed by atoms with Gasteiger partial charge in [-0.15, -0.1) is 5.10 Å². The van der Waals surface area contributed by atoms with Gasteiger partial charge in [-0.05, 0) is 25.8 Å². The Morgan fingerprint density at radius 1 is 1.30 bits per heavy atom. The molecule has 0 spiro atoms. The van der Waals surface area contributed by atoms with Crippen LogP contribution in [-0.4, -0.2) is 33.3 Å². The van der Waals surface area contributed by atoms with Crippen molar-refractivity contribution in [3.8, 4) is 17.3 Å². The summed E-state index contributed by atoms with van der Waals surface area (Å²) in [5.41, 5.74) is 1.29. The molecule has 3 rings (SSSR count). The number of aryl methyl sites for hydroxylation is 1. The molecule has 2 N–H and O–H groups in total. The summed E-state index contributed by atoms with van der Waals surface area (Å²) in [6, 6.07) is 4.11. The molecule has 3 heterocycles. The highest BCUT2D eigenvalue weighted by Crippen LogP contribution is 2.27. The number of hydrogen-bond acceptors (Lipinski definition) is 6. The molecule has 1 fully saturated rings. The van der Waals surface area contributed by atoms with Crippen molar-refractivity contribution >= 4 is 5.69 Å². The summed E-state index contributed by atoms with van der Waals surface area (Å²) in [7, 11) is 0. The van der Waals surface area contributed by atoms with Gasteiger partial charge in [-0.3, -0.25) is 9.78 Å². The zero-order valence-electron chi connectivity index (χ0n) is 12.7. The van der Waals surface area contributed by atoms with E-state index in [0.717, 1.165) is 37.3 Å². The van der Waals surface area contributed by atoms with E-state index in [2.05, 4.69) is 31.1 Å². The van der Waals surface area contributed by atoms with Crippen molar-refractivity contribution in [2.75, 3.05) is 18.0 Å². The Morgan fingerprint density at radius 3 is 2.70 bits per heavy atom. The van der Waals surface area contributed by atoms with Crippen LogP contribution >= 0.6 is 0 Å². The first-order chi connectivity index (χ1) is 11.1. The molecule has 2 aromatic heterocycles. The van der Waals surface area contributed by atoms with Gasteiger partial charge in [0, 0.05) is 25.2 Å². The van der Waals surface area contributed by atoms with Crippen LogP contribution in [0, 0.1) is 24.2 Å². The number of nitriles is 1. The second kappa shape index (κ2) is 6.04. The zero-order chi connectivity index (χ0) is 16.4.